The average molecular weight is 278 g/mol. The molecule has 1 fully saturated rings. The van der Waals surface area contributed by atoms with Crippen LogP contribution >= 0.6 is 0 Å². The van der Waals surface area contributed by atoms with Crippen molar-refractivity contribution in [1.29, 1.82) is 0 Å². The van der Waals surface area contributed by atoms with E-state index in [4.69, 9.17) is 15.2 Å². The molecular formula is C15H22N2O3. The van der Waals surface area contributed by atoms with Crippen LogP contribution in [0, 0.1) is 0 Å². The number of hydrogen-bond acceptors (Lipinski definition) is 4. The maximum atomic E-state index is 11.7. The molecule has 1 unspecified atom stereocenters. The van der Waals surface area contributed by atoms with Crippen LogP contribution in [0.15, 0.2) is 24.3 Å². The van der Waals surface area contributed by atoms with Crippen LogP contribution in [0.2, 0.25) is 0 Å². The van der Waals surface area contributed by atoms with Crippen LogP contribution in [0.1, 0.15) is 24.8 Å². The van der Waals surface area contributed by atoms with Gasteiger partial charge in [-0.2, -0.15) is 0 Å². The van der Waals surface area contributed by atoms with Gasteiger partial charge < -0.3 is 20.5 Å². The molecule has 110 valence electrons. The van der Waals surface area contributed by atoms with Gasteiger partial charge in [-0.15, -0.1) is 0 Å². The molecule has 0 aliphatic carbocycles. The molecule has 1 saturated heterocycles. The van der Waals surface area contributed by atoms with E-state index in [0.29, 0.717) is 13.2 Å². The van der Waals surface area contributed by atoms with Crippen molar-refractivity contribution < 1.29 is 14.3 Å². The zero-order valence-electron chi connectivity index (χ0n) is 11.6. The Bertz CT molecular complexity index is 431. The van der Waals surface area contributed by atoms with Crippen LogP contribution in [0.25, 0.3) is 0 Å². The third-order valence-corrected chi connectivity index (χ3v) is 3.26. The van der Waals surface area contributed by atoms with E-state index in [0.717, 1.165) is 30.7 Å². The quantitative estimate of drug-likeness (QED) is 0.830. The number of ether oxygens (including phenoxy) is 2. The number of rotatable bonds is 6. The highest BCUT2D eigenvalue weighted by Crippen LogP contribution is 2.13. The van der Waals surface area contributed by atoms with Crippen LogP contribution in [0.5, 0.6) is 0 Å². The Balaban J connectivity index is 1.69. The van der Waals surface area contributed by atoms with Crippen LogP contribution in [0.3, 0.4) is 0 Å². The summed E-state index contributed by atoms with van der Waals surface area (Å²) < 4.78 is 10.9. The van der Waals surface area contributed by atoms with Crippen LogP contribution in [-0.2, 0) is 20.8 Å². The van der Waals surface area contributed by atoms with Crippen molar-refractivity contribution >= 4 is 11.6 Å². The number of nitrogens with two attached hydrogens (primary N) is 1. The zero-order chi connectivity index (χ0) is 14.2. The first kappa shape index (κ1) is 15.0. The monoisotopic (exact) mass is 278 g/mol. The smallest absolute Gasteiger partial charge is 0.250 e. The molecule has 1 heterocycles. The largest absolute Gasteiger partial charge is 0.376 e. The molecule has 1 atom stereocenters. The first-order valence-corrected chi connectivity index (χ1v) is 7.06. The van der Waals surface area contributed by atoms with E-state index in [9.17, 15) is 4.79 Å². The predicted octanol–water partition coefficient (Wildman–Crippen LogP) is 1.67. The highest BCUT2D eigenvalue weighted by Gasteiger charge is 2.14. The Morgan fingerprint density at radius 2 is 2.35 bits per heavy atom. The molecule has 0 aromatic heterocycles. The highest BCUT2D eigenvalue weighted by molar-refractivity contribution is 5.91. The molecular weight excluding hydrogens is 256 g/mol. The van der Waals surface area contributed by atoms with Crippen molar-refractivity contribution in [3.05, 3.63) is 29.8 Å². The number of nitrogens with one attached hydrogen (secondary N) is 1. The number of amides is 1. The maximum absolute atomic E-state index is 11.7. The van der Waals surface area contributed by atoms with Gasteiger partial charge in [-0.1, -0.05) is 12.1 Å². The highest BCUT2D eigenvalue weighted by atomic mass is 16.5. The van der Waals surface area contributed by atoms with E-state index in [1.807, 2.05) is 24.3 Å². The van der Waals surface area contributed by atoms with Gasteiger partial charge in [0, 0.05) is 18.8 Å². The second kappa shape index (κ2) is 7.99. The third-order valence-electron chi connectivity index (χ3n) is 3.26. The number of hydrogen-bond donors (Lipinski definition) is 2. The standard InChI is InChI=1S/C15H22N2O3/c16-9-12-4-3-5-13(8-12)17-15(18)11-19-10-14-6-1-2-7-20-14/h3-5,8,14H,1-2,6-7,9-11,16H2,(H,17,18). The van der Waals surface area contributed by atoms with Crippen molar-refractivity contribution in [1.82, 2.24) is 0 Å². The lowest BCUT2D eigenvalue weighted by molar-refractivity contribution is -0.122. The Kier molecular flexibility index (Phi) is 5.98. The molecule has 0 saturated carbocycles. The molecule has 1 aliphatic rings. The van der Waals surface area contributed by atoms with E-state index >= 15 is 0 Å². The van der Waals surface area contributed by atoms with Gasteiger partial charge in [0.25, 0.3) is 0 Å². The molecule has 20 heavy (non-hydrogen) atoms. The Morgan fingerprint density at radius 3 is 3.10 bits per heavy atom. The summed E-state index contributed by atoms with van der Waals surface area (Å²) in [6.07, 6.45) is 3.44. The fourth-order valence-corrected chi connectivity index (χ4v) is 2.20. The van der Waals surface area contributed by atoms with Crippen LogP contribution < -0.4 is 11.1 Å². The number of carbonyl (C=O) groups excluding carboxylic acids is 1. The van der Waals surface area contributed by atoms with Crippen LogP contribution in [-0.4, -0.2) is 31.8 Å². The van der Waals surface area contributed by atoms with Crippen molar-refractivity contribution in [2.45, 2.75) is 31.9 Å². The minimum absolute atomic E-state index is 0.0483. The number of benzene rings is 1. The average Bonchev–Trinajstić information content (AvgIpc) is 2.48. The van der Waals surface area contributed by atoms with Gasteiger partial charge in [0.1, 0.15) is 6.61 Å². The molecule has 0 radical (unpaired) electrons. The van der Waals surface area contributed by atoms with E-state index in [1.54, 1.807) is 0 Å². The van der Waals surface area contributed by atoms with E-state index in [2.05, 4.69) is 5.32 Å². The van der Waals surface area contributed by atoms with Crippen molar-refractivity contribution in [2.24, 2.45) is 5.73 Å². The van der Waals surface area contributed by atoms with Gasteiger partial charge in [-0.3, -0.25) is 4.79 Å². The van der Waals surface area contributed by atoms with Gasteiger partial charge in [-0.05, 0) is 37.0 Å². The summed E-state index contributed by atoms with van der Waals surface area (Å²) in [4.78, 5) is 11.7. The molecule has 2 rings (SSSR count). The Morgan fingerprint density at radius 1 is 1.45 bits per heavy atom. The summed E-state index contributed by atoms with van der Waals surface area (Å²) in [5, 5.41) is 2.79. The molecule has 1 aromatic carbocycles. The topological polar surface area (TPSA) is 73.6 Å². The van der Waals surface area contributed by atoms with Gasteiger partial charge in [0.05, 0.1) is 12.7 Å². The van der Waals surface area contributed by atoms with Gasteiger partial charge >= 0.3 is 0 Å². The molecule has 5 nitrogen and oxygen atoms in total. The first-order valence-electron chi connectivity index (χ1n) is 7.06. The fourth-order valence-electron chi connectivity index (χ4n) is 2.20. The molecule has 3 N–H and O–H groups in total. The van der Waals surface area contributed by atoms with Crippen molar-refractivity contribution in [2.75, 3.05) is 25.1 Å². The molecule has 5 heteroatoms. The Hall–Kier alpha value is -1.43. The molecule has 1 aromatic rings. The second-order valence-corrected chi connectivity index (χ2v) is 4.96. The summed E-state index contributed by atoms with van der Waals surface area (Å²) in [5.41, 5.74) is 7.29. The lowest BCUT2D eigenvalue weighted by atomic mass is 10.1. The summed E-state index contributed by atoms with van der Waals surface area (Å²) in [7, 11) is 0. The molecule has 1 aliphatic heterocycles. The first-order chi connectivity index (χ1) is 9.78. The number of anilines is 1. The molecule has 1 amide bonds. The predicted molar refractivity (Wildman–Crippen MR) is 77.4 cm³/mol. The van der Waals surface area contributed by atoms with E-state index in [-0.39, 0.29) is 18.6 Å². The van der Waals surface area contributed by atoms with Gasteiger partial charge in [-0.25, -0.2) is 0 Å². The fraction of sp³-hybridized carbons (Fsp3) is 0.533. The minimum atomic E-state index is -0.157. The zero-order valence-corrected chi connectivity index (χ0v) is 11.6. The SMILES string of the molecule is NCc1cccc(NC(=O)COCC2CCCCO2)c1. The lowest BCUT2D eigenvalue weighted by Crippen LogP contribution is -2.27. The normalized spacial score (nSPS) is 18.8. The molecule has 0 spiro atoms. The van der Waals surface area contributed by atoms with Gasteiger partial charge in [0.15, 0.2) is 0 Å². The van der Waals surface area contributed by atoms with Crippen molar-refractivity contribution in [3.8, 4) is 0 Å². The van der Waals surface area contributed by atoms with E-state index < -0.39 is 0 Å². The summed E-state index contributed by atoms with van der Waals surface area (Å²) >= 11 is 0. The van der Waals surface area contributed by atoms with Crippen LogP contribution in [0.4, 0.5) is 5.69 Å². The maximum Gasteiger partial charge on any atom is 0.250 e. The summed E-state index contributed by atoms with van der Waals surface area (Å²) in [6, 6.07) is 7.49. The Labute approximate surface area is 119 Å². The summed E-state index contributed by atoms with van der Waals surface area (Å²) in [6.45, 7) is 1.79. The molecule has 0 bridgehead atoms. The summed E-state index contributed by atoms with van der Waals surface area (Å²) in [5.74, 6) is -0.157. The van der Waals surface area contributed by atoms with E-state index in [1.165, 1.54) is 6.42 Å². The van der Waals surface area contributed by atoms with Crippen molar-refractivity contribution in [3.63, 3.8) is 0 Å². The van der Waals surface area contributed by atoms with Gasteiger partial charge in [0.2, 0.25) is 5.91 Å². The number of carbonyl (C=O) groups is 1. The second-order valence-electron chi connectivity index (χ2n) is 4.96. The lowest BCUT2D eigenvalue weighted by Gasteiger charge is -2.22. The third kappa shape index (κ3) is 4.92. The minimum Gasteiger partial charge on any atom is -0.376 e.